The van der Waals surface area contributed by atoms with E-state index in [-0.39, 0.29) is 17.6 Å². The molecule has 12 heteroatoms. The van der Waals surface area contributed by atoms with Gasteiger partial charge in [0, 0.05) is 0 Å². The molecular weight excluding hydrogens is 422 g/mol. The fourth-order valence-electron chi connectivity index (χ4n) is 2.06. The van der Waals surface area contributed by atoms with Gasteiger partial charge in [0.05, 0.1) is 0 Å². The zero-order chi connectivity index (χ0) is 21.4. The molecule has 0 bridgehead atoms. The van der Waals surface area contributed by atoms with Crippen LogP contribution in [0.25, 0.3) is 0 Å². The van der Waals surface area contributed by atoms with Gasteiger partial charge in [-0.3, -0.25) is 4.55 Å². The quantitative estimate of drug-likeness (QED) is 0.321. The first-order valence-electron chi connectivity index (χ1n) is 7.56. The minimum atomic E-state index is -6.80. The molecule has 0 amide bonds. The second-order valence-electron chi connectivity index (χ2n) is 6.32. The molecule has 0 heterocycles. The zero-order valence-corrected chi connectivity index (χ0v) is 16.3. The molecule has 0 aliphatic carbocycles. The third-order valence-electron chi connectivity index (χ3n) is 3.60. The molecule has 4 nitrogen and oxygen atoms in total. The van der Waals surface area contributed by atoms with Gasteiger partial charge in [-0.2, -0.15) is 34.8 Å². The van der Waals surface area contributed by atoms with Crippen molar-refractivity contribution in [1.29, 1.82) is 0 Å². The molecule has 1 aromatic carbocycles. The Hall–Kier alpha value is -1.14. The van der Waals surface area contributed by atoms with Crippen LogP contribution in [0.1, 0.15) is 50.7 Å². The minimum Gasteiger partial charge on any atom is -0.419 e. The molecule has 1 aromatic rings. The molecule has 0 radical (unpaired) electrons. The van der Waals surface area contributed by atoms with Crippen molar-refractivity contribution >= 4 is 22.2 Å². The highest BCUT2D eigenvalue weighted by atomic mass is 32.2. The molecular formula is C15H18F6O4S2. The van der Waals surface area contributed by atoms with E-state index in [0.717, 1.165) is 0 Å². The van der Waals surface area contributed by atoms with Crippen molar-refractivity contribution < 1.29 is 43.5 Å². The van der Waals surface area contributed by atoms with Crippen molar-refractivity contribution in [3.8, 4) is 5.75 Å². The third kappa shape index (κ3) is 4.48. The Morgan fingerprint density at radius 3 is 1.70 bits per heavy atom. The monoisotopic (exact) mass is 440 g/mol. The van der Waals surface area contributed by atoms with Gasteiger partial charge in [-0.15, -0.1) is 0 Å². The van der Waals surface area contributed by atoms with Crippen LogP contribution in [-0.4, -0.2) is 29.4 Å². The minimum absolute atomic E-state index is 0.196. The first kappa shape index (κ1) is 23.9. The molecule has 0 aliphatic rings. The van der Waals surface area contributed by atoms with Crippen molar-refractivity contribution in [3.63, 3.8) is 0 Å². The van der Waals surface area contributed by atoms with E-state index in [4.69, 9.17) is 8.74 Å². The number of halogens is 6. The Kier molecular flexibility index (Phi) is 6.82. The molecule has 0 aliphatic heterocycles. The van der Waals surface area contributed by atoms with E-state index in [0.29, 0.717) is 11.1 Å². The Labute approximate surface area is 157 Å². The molecule has 1 N–H and O–H groups in total. The maximum Gasteiger partial charge on any atom is 0.439 e. The van der Waals surface area contributed by atoms with Crippen LogP contribution < -0.4 is 4.18 Å². The van der Waals surface area contributed by atoms with E-state index in [1.165, 1.54) is 12.1 Å². The Bertz CT molecular complexity index is 752. The summed E-state index contributed by atoms with van der Waals surface area (Å²) in [5.41, 5.74) is 0.740. The third-order valence-corrected chi connectivity index (χ3v) is 5.22. The van der Waals surface area contributed by atoms with E-state index in [1.807, 2.05) is 0 Å². The van der Waals surface area contributed by atoms with Crippen LogP contribution in [0.15, 0.2) is 18.2 Å². The summed E-state index contributed by atoms with van der Waals surface area (Å²) in [6.45, 7) is 6.71. The fraction of sp³-hybridized carbons (Fsp3) is 0.600. The van der Waals surface area contributed by atoms with E-state index >= 15 is 0 Å². The lowest BCUT2D eigenvalue weighted by Crippen LogP contribution is -2.56. The van der Waals surface area contributed by atoms with Crippen LogP contribution in [0.4, 0.5) is 26.3 Å². The summed E-state index contributed by atoms with van der Waals surface area (Å²) in [5, 5.41) is -12.1. The summed E-state index contributed by atoms with van der Waals surface area (Å²) in [6, 6.07) is 4.59. The molecule has 0 spiro atoms. The topological polar surface area (TPSA) is 63.6 Å². The summed E-state index contributed by atoms with van der Waals surface area (Å²) >= 11 is -1.29. The number of rotatable bonds is 8. The number of benzene rings is 1. The molecule has 0 saturated heterocycles. The average Bonchev–Trinajstić information content (AvgIpc) is 2.50. The van der Waals surface area contributed by atoms with Gasteiger partial charge in [0.1, 0.15) is 17.8 Å². The van der Waals surface area contributed by atoms with Crippen LogP contribution in [0.3, 0.4) is 0 Å². The van der Waals surface area contributed by atoms with Gasteiger partial charge in [0.25, 0.3) is 0 Å². The number of alkyl halides is 6. The maximum atomic E-state index is 13.8. The van der Waals surface area contributed by atoms with Gasteiger partial charge in [-0.25, -0.2) is 0 Å². The molecule has 1 rings (SSSR count). The fourth-order valence-corrected chi connectivity index (χ4v) is 3.19. The van der Waals surface area contributed by atoms with Gasteiger partial charge in [0.15, 0.2) is 0 Å². The normalized spacial score (nSPS) is 14.1. The Balaban J connectivity index is 3.31. The van der Waals surface area contributed by atoms with E-state index in [9.17, 15) is 34.8 Å². The maximum absolute atomic E-state index is 13.8. The number of hydrogen-bond donors (Lipinski definition) is 1. The first-order chi connectivity index (χ1) is 12.0. The number of hydrogen-bond acceptors (Lipinski definition) is 4. The summed E-state index contributed by atoms with van der Waals surface area (Å²) in [7, 11) is -6.80. The second kappa shape index (κ2) is 7.70. The molecule has 0 atom stereocenters. The van der Waals surface area contributed by atoms with Crippen LogP contribution >= 0.6 is 12.0 Å². The predicted octanol–water partition coefficient (Wildman–Crippen LogP) is 5.67. The zero-order valence-electron chi connectivity index (χ0n) is 14.6. The molecule has 0 aromatic heterocycles. The van der Waals surface area contributed by atoms with Crippen LogP contribution in [0.2, 0.25) is 0 Å². The van der Waals surface area contributed by atoms with Crippen molar-refractivity contribution in [2.24, 2.45) is 0 Å². The lowest BCUT2D eigenvalue weighted by molar-refractivity contribution is -0.243. The summed E-state index contributed by atoms with van der Waals surface area (Å²) in [4.78, 5) is 0. The highest BCUT2D eigenvalue weighted by molar-refractivity contribution is 7.96. The van der Waals surface area contributed by atoms with E-state index in [2.05, 4.69) is 0 Å². The van der Waals surface area contributed by atoms with Crippen molar-refractivity contribution in [2.75, 3.05) is 0 Å². The molecule has 0 fully saturated rings. The van der Waals surface area contributed by atoms with Gasteiger partial charge in [0.2, 0.25) is 0 Å². The smallest absolute Gasteiger partial charge is 0.419 e. The van der Waals surface area contributed by atoms with Gasteiger partial charge < -0.3 is 4.18 Å². The van der Waals surface area contributed by atoms with Crippen molar-refractivity contribution in [1.82, 2.24) is 0 Å². The Morgan fingerprint density at radius 2 is 1.37 bits per heavy atom. The Morgan fingerprint density at radius 1 is 0.963 bits per heavy atom. The van der Waals surface area contributed by atoms with Crippen molar-refractivity contribution in [2.45, 2.75) is 56.0 Å². The average molecular weight is 440 g/mol. The summed E-state index contributed by atoms with van der Waals surface area (Å²) < 4.78 is 115. The summed E-state index contributed by atoms with van der Waals surface area (Å²) in [5.74, 6) is -7.18. The predicted molar refractivity (Wildman–Crippen MR) is 89.2 cm³/mol. The lowest BCUT2D eigenvalue weighted by atomic mass is 9.94. The van der Waals surface area contributed by atoms with Crippen molar-refractivity contribution in [3.05, 3.63) is 29.3 Å². The van der Waals surface area contributed by atoms with E-state index < -0.39 is 38.6 Å². The highest BCUT2D eigenvalue weighted by Gasteiger charge is 2.78. The second-order valence-corrected chi connectivity index (χ2v) is 8.63. The molecule has 0 saturated carbocycles. The SMILES string of the molecule is CC(C)c1cccc(C(C)C)c1OSC(F)(F)C(F)(F)C(F)(F)S(=O)(=O)O. The van der Waals surface area contributed by atoms with Crippen LogP contribution in [-0.2, 0) is 10.1 Å². The summed E-state index contributed by atoms with van der Waals surface area (Å²) in [6.07, 6.45) is 0. The van der Waals surface area contributed by atoms with Gasteiger partial charge in [-0.1, -0.05) is 45.9 Å². The van der Waals surface area contributed by atoms with Crippen LogP contribution in [0, 0.1) is 0 Å². The first-order valence-corrected chi connectivity index (χ1v) is 9.74. The largest absolute Gasteiger partial charge is 0.439 e. The van der Waals surface area contributed by atoms with E-state index in [1.54, 1.807) is 33.8 Å². The molecule has 27 heavy (non-hydrogen) atoms. The van der Waals surface area contributed by atoms with Gasteiger partial charge >= 0.3 is 26.5 Å². The standard InChI is InChI=1S/C15H18F6O4S2/c1-8(2)10-6-5-7-11(9(3)4)12(10)25-26-14(18,19)13(16,17)15(20,21)27(22,23)24/h5-9H,1-4H3,(H,22,23,24). The molecule has 156 valence electrons. The number of para-hydroxylation sites is 1. The van der Waals surface area contributed by atoms with Gasteiger partial charge in [-0.05, 0) is 23.0 Å². The lowest BCUT2D eigenvalue weighted by Gasteiger charge is -2.30. The van der Waals surface area contributed by atoms with Crippen LogP contribution in [0.5, 0.6) is 5.75 Å². The highest BCUT2D eigenvalue weighted by Crippen LogP contribution is 2.54. The molecule has 0 unspecified atom stereocenters.